The van der Waals surface area contributed by atoms with E-state index < -0.39 is 0 Å². The molecule has 1 N–H and O–H groups in total. The van der Waals surface area contributed by atoms with Crippen molar-refractivity contribution in [3.8, 4) is 11.8 Å². The molecule has 1 saturated carbocycles. The fourth-order valence-electron chi connectivity index (χ4n) is 3.34. The maximum atomic E-state index is 6.09. The molecule has 2 aliphatic rings. The fourth-order valence-corrected chi connectivity index (χ4v) is 3.78. The van der Waals surface area contributed by atoms with Crippen LogP contribution in [-0.4, -0.2) is 34.0 Å². The van der Waals surface area contributed by atoms with Gasteiger partial charge in [0.15, 0.2) is 0 Å². The number of rotatable bonds is 6. The Labute approximate surface area is 146 Å². The fraction of sp³-hybridized carbons (Fsp3) is 0.500. The van der Waals surface area contributed by atoms with Gasteiger partial charge in [-0.2, -0.15) is 0 Å². The monoisotopic (exact) mass is 353 g/mol. The first-order valence-electron chi connectivity index (χ1n) is 7.79. The van der Waals surface area contributed by atoms with Crippen LogP contribution in [0.5, 0.6) is 11.8 Å². The number of ether oxygens (including phenoxy) is 2. The average molecular weight is 354 g/mol. The Bertz CT molecular complexity index is 605. The first kappa shape index (κ1) is 16.5. The summed E-state index contributed by atoms with van der Waals surface area (Å²) in [5.41, 5.74) is 1.26. The molecule has 1 saturated heterocycles. The molecule has 0 amide bonds. The van der Waals surface area contributed by atoms with E-state index in [2.05, 4.69) is 26.2 Å². The topological polar surface area (TPSA) is 56.3 Å². The number of hydrogen-bond acceptors (Lipinski definition) is 6. The maximum absolute atomic E-state index is 6.09. The Morgan fingerprint density at radius 3 is 2.65 bits per heavy atom. The maximum Gasteiger partial charge on any atom is 0.291 e. The molecule has 23 heavy (non-hydrogen) atoms. The Hall–Kier alpha value is -1.37. The van der Waals surface area contributed by atoms with E-state index in [-0.39, 0.29) is 18.5 Å². The summed E-state index contributed by atoms with van der Waals surface area (Å²) >= 11 is 1.15. The zero-order valence-corrected chi connectivity index (χ0v) is 14.3. The lowest BCUT2D eigenvalue weighted by Gasteiger charge is -2.16. The molecule has 2 bridgehead atoms. The Morgan fingerprint density at radius 2 is 1.96 bits per heavy atom. The van der Waals surface area contributed by atoms with Crippen molar-refractivity contribution in [2.75, 3.05) is 13.2 Å². The summed E-state index contributed by atoms with van der Waals surface area (Å²) in [6.07, 6.45) is 3.51. The first-order valence-corrected chi connectivity index (χ1v) is 8.52. The van der Waals surface area contributed by atoms with E-state index in [0.717, 1.165) is 24.7 Å². The number of aromatic nitrogens is 2. The lowest BCUT2D eigenvalue weighted by Crippen LogP contribution is -2.31. The van der Waals surface area contributed by atoms with Gasteiger partial charge in [0.05, 0.1) is 18.3 Å². The highest BCUT2D eigenvalue weighted by atomic mass is 35.5. The van der Waals surface area contributed by atoms with E-state index in [1.54, 1.807) is 0 Å². The highest BCUT2D eigenvalue weighted by molar-refractivity contribution is 6.99. The predicted octanol–water partition coefficient (Wildman–Crippen LogP) is 2.71. The third kappa shape index (κ3) is 3.59. The van der Waals surface area contributed by atoms with Crippen LogP contribution in [0.2, 0.25) is 0 Å². The molecule has 1 aromatic heterocycles. The molecular formula is C16H20ClN3O2S. The summed E-state index contributed by atoms with van der Waals surface area (Å²) in [7, 11) is 0. The van der Waals surface area contributed by atoms with E-state index in [1.165, 1.54) is 18.4 Å². The molecule has 4 rings (SSSR count). The number of nitrogens with one attached hydrogen (secondary N) is 1. The molecule has 2 aromatic rings. The number of nitrogens with zero attached hydrogens (tertiary/aromatic N) is 2. The minimum absolute atomic E-state index is 0. The van der Waals surface area contributed by atoms with Gasteiger partial charge in [-0.3, -0.25) is 0 Å². The van der Waals surface area contributed by atoms with Crippen LogP contribution in [0.15, 0.2) is 30.3 Å². The molecule has 3 atom stereocenters. The van der Waals surface area contributed by atoms with Crippen LogP contribution < -0.4 is 14.8 Å². The van der Waals surface area contributed by atoms with Gasteiger partial charge in [0.25, 0.3) is 11.8 Å². The van der Waals surface area contributed by atoms with Crippen LogP contribution >= 0.6 is 24.1 Å². The summed E-state index contributed by atoms with van der Waals surface area (Å²) in [4.78, 5) is 0. The lowest BCUT2D eigenvalue weighted by atomic mass is 10.1. The summed E-state index contributed by atoms with van der Waals surface area (Å²) < 4.78 is 20.3. The molecule has 0 radical (unpaired) electrons. The Balaban J connectivity index is 0.00000156. The average Bonchev–Trinajstić information content (AvgIpc) is 3.26. The summed E-state index contributed by atoms with van der Waals surface area (Å²) in [5, 5.41) is 3.49. The SMILES string of the molecule is Cl.c1ccc(CCOc2nsnc2OC2C3CCC2NC3)cc1. The number of piperidine rings is 1. The smallest absolute Gasteiger partial charge is 0.291 e. The third-order valence-electron chi connectivity index (χ3n) is 4.50. The second kappa shape index (κ2) is 7.47. The van der Waals surface area contributed by atoms with E-state index in [4.69, 9.17) is 9.47 Å². The van der Waals surface area contributed by atoms with Crippen LogP contribution in [0.1, 0.15) is 18.4 Å². The molecule has 3 unspecified atom stereocenters. The second-order valence-electron chi connectivity index (χ2n) is 5.89. The van der Waals surface area contributed by atoms with E-state index >= 15 is 0 Å². The van der Waals surface area contributed by atoms with E-state index in [1.807, 2.05) is 18.2 Å². The van der Waals surface area contributed by atoms with Gasteiger partial charge in [-0.1, -0.05) is 30.3 Å². The number of hydrogen-bond donors (Lipinski definition) is 1. The standard InChI is InChI=1S/C16H19N3O2S.ClH/c1-2-4-11(5-3-1)8-9-20-15-16(19-22-18-15)21-14-12-6-7-13(14)17-10-12;/h1-5,12-14,17H,6-10H2;1H. The van der Waals surface area contributed by atoms with Crippen LogP contribution in [0, 0.1) is 5.92 Å². The zero-order valence-electron chi connectivity index (χ0n) is 12.7. The van der Waals surface area contributed by atoms with Crippen molar-refractivity contribution < 1.29 is 9.47 Å². The van der Waals surface area contributed by atoms with Gasteiger partial charge in [-0.25, -0.2) is 0 Å². The van der Waals surface area contributed by atoms with Crippen LogP contribution in [-0.2, 0) is 6.42 Å². The van der Waals surface area contributed by atoms with Gasteiger partial charge in [-0.15, -0.1) is 21.2 Å². The van der Waals surface area contributed by atoms with Crippen LogP contribution in [0.25, 0.3) is 0 Å². The van der Waals surface area contributed by atoms with Crippen molar-refractivity contribution in [3.05, 3.63) is 35.9 Å². The van der Waals surface area contributed by atoms with E-state index in [9.17, 15) is 0 Å². The lowest BCUT2D eigenvalue weighted by molar-refractivity contribution is 0.160. The molecule has 2 heterocycles. The quantitative estimate of drug-likeness (QED) is 0.865. The number of benzene rings is 1. The highest BCUT2D eigenvalue weighted by Gasteiger charge is 2.44. The molecular weight excluding hydrogens is 334 g/mol. The molecule has 0 spiro atoms. The molecule has 2 fully saturated rings. The van der Waals surface area contributed by atoms with Crippen LogP contribution in [0.3, 0.4) is 0 Å². The van der Waals surface area contributed by atoms with Crippen molar-refractivity contribution >= 4 is 24.1 Å². The molecule has 1 aromatic carbocycles. The molecule has 1 aliphatic heterocycles. The van der Waals surface area contributed by atoms with Crippen molar-refractivity contribution in [3.63, 3.8) is 0 Å². The molecule has 7 heteroatoms. The van der Waals surface area contributed by atoms with Crippen molar-refractivity contribution in [1.82, 2.24) is 14.1 Å². The highest BCUT2D eigenvalue weighted by Crippen LogP contribution is 2.36. The first-order chi connectivity index (χ1) is 10.9. The van der Waals surface area contributed by atoms with E-state index in [0.29, 0.717) is 30.3 Å². The summed E-state index contributed by atoms with van der Waals surface area (Å²) in [5.74, 6) is 1.69. The van der Waals surface area contributed by atoms with Crippen molar-refractivity contribution in [1.29, 1.82) is 0 Å². The minimum Gasteiger partial charge on any atom is -0.473 e. The summed E-state index contributed by atoms with van der Waals surface area (Å²) in [6.45, 7) is 1.64. The third-order valence-corrected chi connectivity index (χ3v) is 5.00. The molecule has 5 nitrogen and oxygen atoms in total. The minimum atomic E-state index is 0. The Kier molecular flexibility index (Phi) is 5.35. The summed E-state index contributed by atoms with van der Waals surface area (Å²) in [6, 6.07) is 10.8. The number of fused-ring (bicyclic) bond motifs is 2. The van der Waals surface area contributed by atoms with Gasteiger partial charge in [0, 0.05) is 24.9 Å². The largest absolute Gasteiger partial charge is 0.473 e. The van der Waals surface area contributed by atoms with Gasteiger partial charge in [0.1, 0.15) is 6.10 Å². The van der Waals surface area contributed by atoms with Crippen LogP contribution in [0.4, 0.5) is 0 Å². The number of halogens is 1. The zero-order chi connectivity index (χ0) is 14.8. The van der Waals surface area contributed by atoms with Gasteiger partial charge in [0.2, 0.25) is 0 Å². The molecule has 1 aliphatic carbocycles. The van der Waals surface area contributed by atoms with Crippen molar-refractivity contribution in [2.45, 2.75) is 31.4 Å². The van der Waals surface area contributed by atoms with Gasteiger partial charge < -0.3 is 14.8 Å². The normalized spacial score (nSPS) is 25.1. The molecule has 124 valence electrons. The second-order valence-corrected chi connectivity index (χ2v) is 6.42. The predicted molar refractivity (Wildman–Crippen MR) is 91.7 cm³/mol. The van der Waals surface area contributed by atoms with Gasteiger partial charge in [-0.05, 0) is 18.4 Å². The van der Waals surface area contributed by atoms with Gasteiger partial charge >= 0.3 is 0 Å². The Morgan fingerprint density at radius 1 is 1.13 bits per heavy atom. The van der Waals surface area contributed by atoms with Crippen molar-refractivity contribution in [2.24, 2.45) is 5.92 Å².